The third kappa shape index (κ3) is 3.08. The molecule has 15 heavy (non-hydrogen) atoms. The third-order valence-electron chi connectivity index (χ3n) is 1.51. The van der Waals surface area contributed by atoms with Crippen molar-refractivity contribution in [1.82, 2.24) is 9.97 Å². The summed E-state index contributed by atoms with van der Waals surface area (Å²) in [5, 5.41) is 11.8. The van der Waals surface area contributed by atoms with Gasteiger partial charge in [0.15, 0.2) is 11.0 Å². The van der Waals surface area contributed by atoms with Crippen molar-refractivity contribution in [1.29, 1.82) is 5.26 Å². The molecule has 0 atom stereocenters. The van der Waals surface area contributed by atoms with E-state index in [-0.39, 0.29) is 16.0 Å². The van der Waals surface area contributed by atoms with Gasteiger partial charge in [-0.3, -0.25) is 0 Å². The molecule has 0 bridgehead atoms. The molecule has 0 radical (unpaired) electrons. The third-order valence-corrected chi connectivity index (χ3v) is 1.95. The second-order valence-corrected chi connectivity index (χ2v) is 3.63. The van der Waals surface area contributed by atoms with Crippen molar-refractivity contribution in [3.05, 3.63) is 28.2 Å². The minimum Gasteiger partial charge on any atom is -0.365 e. The van der Waals surface area contributed by atoms with Crippen LogP contribution in [0.25, 0.3) is 0 Å². The fourth-order valence-corrected chi connectivity index (χ4v) is 1.29. The lowest BCUT2D eigenvalue weighted by Crippen LogP contribution is -2.07. The van der Waals surface area contributed by atoms with Crippen LogP contribution in [0.15, 0.2) is 12.2 Å². The molecule has 1 rings (SSSR count). The second kappa shape index (κ2) is 4.96. The monoisotopic (exact) mass is 242 g/mol. The normalized spacial score (nSPS) is 9.47. The highest BCUT2D eigenvalue weighted by Crippen LogP contribution is 2.21. The molecule has 1 heterocycles. The van der Waals surface area contributed by atoms with Crippen LogP contribution in [0.1, 0.15) is 12.5 Å². The van der Waals surface area contributed by atoms with Gasteiger partial charge in [0.1, 0.15) is 11.6 Å². The summed E-state index contributed by atoms with van der Waals surface area (Å²) < 4.78 is 0. The summed E-state index contributed by atoms with van der Waals surface area (Å²) in [6.07, 6.45) is 0. The highest BCUT2D eigenvalue weighted by molar-refractivity contribution is 6.33. The summed E-state index contributed by atoms with van der Waals surface area (Å²) in [4.78, 5) is 7.54. The molecule has 0 fully saturated rings. The molecule has 0 unspecified atom stereocenters. The average Bonchev–Trinajstić information content (AvgIpc) is 2.13. The van der Waals surface area contributed by atoms with Gasteiger partial charge in [-0.2, -0.15) is 10.2 Å². The quantitative estimate of drug-likeness (QED) is 0.503. The average molecular weight is 243 g/mol. The fraction of sp³-hybridized carbons (Fsp3) is 0.222. The lowest BCUT2D eigenvalue weighted by molar-refractivity contribution is 1.11. The predicted molar refractivity (Wildman–Crippen MR) is 60.1 cm³/mol. The van der Waals surface area contributed by atoms with Crippen molar-refractivity contribution in [2.24, 2.45) is 0 Å². The Bertz CT molecular complexity index is 436. The van der Waals surface area contributed by atoms with Crippen LogP contribution in [-0.4, -0.2) is 16.5 Å². The van der Waals surface area contributed by atoms with Gasteiger partial charge >= 0.3 is 0 Å². The largest absolute Gasteiger partial charge is 0.365 e. The number of nitrogens with one attached hydrogen (secondary N) is 1. The number of hydrogen-bond acceptors (Lipinski definition) is 4. The number of halogens is 2. The maximum Gasteiger partial charge on any atom is 0.225 e. The summed E-state index contributed by atoms with van der Waals surface area (Å²) in [5.74, 6) is 0.325. The summed E-state index contributed by atoms with van der Waals surface area (Å²) in [5.41, 5.74) is 1.09. The molecular weight excluding hydrogens is 235 g/mol. The van der Waals surface area contributed by atoms with Gasteiger partial charge in [-0.25, -0.2) is 4.98 Å². The number of hydrogen-bond donors (Lipinski definition) is 1. The second-order valence-electron chi connectivity index (χ2n) is 2.93. The molecule has 0 spiro atoms. The smallest absolute Gasteiger partial charge is 0.225 e. The lowest BCUT2D eigenvalue weighted by atomic mass is 10.3. The number of nitrogens with zero attached hydrogens (tertiary/aromatic N) is 3. The molecule has 0 saturated carbocycles. The summed E-state index contributed by atoms with van der Waals surface area (Å²) in [7, 11) is 0. The van der Waals surface area contributed by atoms with Gasteiger partial charge in [-0.15, -0.1) is 0 Å². The van der Waals surface area contributed by atoms with Crippen LogP contribution in [0, 0.1) is 11.3 Å². The van der Waals surface area contributed by atoms with Crippen LogP contribution < -0.4 is 5.32 Å². The molecular formula is C9H8Cl2N4. The van der Waals surface area contributed by atoms with E-state index in [4.69, 9.17) is 28.5 Å². The Morgan fingerprint density at radius 1 is 1.53 bits per heavy atom. The van der Waals surface area contributed by atoms with Crippen molar-refractivity contribution in [3.63, 3.8) is 0 Å². The Hall–Kier alpha value is -1.31. The molecule has 0 aliphatic heterocycles. The molecule has 0 aromatic carbocycles. The van der Waals surface area contributed by atoms with Crippen LogP contribution in [0.4, 0.5) is 5.82 Å². The van der Waals surface area contributed by atoms with Gasteiger partial charge in [0, 0.05) is 6.54 Å². The van der Waals surface area contributed by atoms with E-state index in [2.05, 4.69) is 21.9 Å². The van der Waals surface area contributed by atoms with Gasteiger partial charge in [0.05, 0.1) is 0 Å². The Kier molecular flexibility index (Phi) is 3.89. The molecule has 6 heteroatoms. The van der Waals surface area contributed by atoms with Crippen molar-refractivity contribution in [3.8, 4) is 6.07 Å². The first-order chi connectivity index (χ1) is 7.04. The Morgan fingerprint density at radius 2 is 2.20 bits per heavy atom. The molecule has 78 valence electrons. The molecule has 1 aromatic heterocycles. The van der Waals surface area contributed by atoms with Gasteiger partial charge < -0.3 is 5.32 Å². The zero-order valence-electron chi connectivity index (χ0n) is 8.01. The molecule has 1 aromatic rings. The zero-order valence-corrected chi connectivity index (χ0v) is 9.52. The minimum absolute atomic E-state index is 0.00298. The van der Waals surface area contributed by atoms with Gasteiger partial charge in [-0.1, -0.05) is 23.8 Å². The standard InChI is InChI=1S/C9H8Cl2N4/c1-5(2)4-13-8-6(3-12)7(10)14-9(11)15-8/h1,4H2,2H3,(H,13,14,15). The van der Waals surface area contributed by atoms with Crippen LogP contribution >= 0.6 is 23.2 Å². The molecule has 4 nitrogen and oxygen atoms in total. The van der Waals surface area contributed by atoms with Gasteiger partial charge in [-0.05, 0) is 18.5 Å². The van der Waals surface area contributed by atoms with Crippen molar-refractivity contribution < 1.29 is 0 Å². The number of nitriles is 1. The maximum absolute atomic E-state index is 8.84. The number of aromatic nitrogens is 2. The highest BCUT2D eigenvalue weighted by atomic mass is 35.5. The predicted octanol–water partition coefficient (Wildman–Crippen LogP) is 2.64. The summed E-state index contributed by atoms with van der Waals surface area (Å²) in [6.45, 7) is 6.06. The van der Waals surface area contributed by atoms with E-state index in [1.165, 1.54) is 0 Å². The van der Waals surface area contributed by atoms with E-state index in [9.17, 15) is 0 Å². The molecule has 0 aliphatic carbocycles. The Morgan fingerprint density at radius 3 is 2.73 bits per heavy atom. The van der Waals surface area contributed by atoms with E-state index in [0.29, 0.717) is 12.4 Å². The first-order valence-electron chi connectivity index (χ1n) is 4.06. The molecule has 0 saturated heterocycles. The first kappa shape index (κ1) is 11.8. The van der Waals surface area contributed by atoms with E-state index in [0.717, 1.165) is 5.57 Å². The van der Waals surface area contributed by atoms with Crippen LogP contribution in [0.3, 0.4) is 0 Å². The number of rotatable bonds is 3. The summed E-state index contributed by atoms with van der Waals surface area (Å²) in [6, 6.07) is 1.91. The molecule has 1 N–H and O–H groups in total. The Balaban J connectivity index is 3.05. The topological polar surface area (TPSA) is 61.6 Å². The van der Waals surface area contributed by atoms with Crippen LogP contribution in [-0.2, 0) is 0 Å². The minimum atomic E-state index is 0.00298. The highest BCUT2D eigenvalue weighted by Gasteiger charge is 2.11. The van der Waals surface area contributed by atoms with Crippen molar-refractivity contribution in [2.45, 2.75) is 6.92 Å². The van der Waals surface area contributed by atoms with E-state index < -0.39 is 0 Å². The maximum atomic E-state index is 8.84. The van der Waals surface area contributed by atoms with Gasteiger partial charge in [0.2, 0.25) is 5.28 Å². The van der Waals surface area contributed by atoms with Crippen molar-refractivity contribution in [2.75, 3.05) is 11.9 Å². The van der Waals surface area contributed by atoms with E-state index >= 15 is 0 Å². The van der Waals surface area contributed by atoms with Crippen molar-refractivity contribution >= 4 is 29.0 Å². The SMILES string of the molecule is C=C(C)CNc1nc(Cl)nc(Cl)c1C#N. The van der Waals surface area contributed by atoms with E-state index in [1.807, 2.05) is 13.0 Å². The molecule has 0 aliphatic rings. The lowest BCUT2D eigenvalue weighted by Gasteiger charge is -2.07. The zero-order chi connectivity index (χ0) is 11.4. The number of anilines is 1. The summed E-state index contributed by atoms with van der Waals surface area (Å²) >= 11 is 11.3. The van der Waals surface area contributed by atoms with Crippen LogP contribution in [0.2, 0.25) is 10.4 Å². The van der Waals surface area contributed by atoms with Crippen LogP contribution in [0.5, 0.6) is 0 Å². The molecule has 0 amide bonds. The Labute approximate surface area is 97.6 Å². The van der Waals surface area contributed by atoms with Gasteiger partial charge in [0.25, 0.3) is 0 Å². The fourth-order valence-electron chi connectivity index (χ4n) is 0.869. The van der Waals surface area contributed by atoms with E-state index in [1.54, 1.807) is 0 Å². The first-order valence-corrected chi connectivity index (χ1v) is 4.81.